The van der Waals surface area contributed by atoms with Gasteiger partial charge in [0.05, 0.1) is 6.10 Å². The van der Waals surface area contributed by atoms with E-state index in [4.69, 9.17) is 10.5 Å². The fourth-order valence-corrected chi connectivity index (χ4v) is 5.04. The summed E-state index contributed by atoms with van der Waals surface area (Å²) in [7, 11) is 1.92. The Bertz CT molecular complexity index is 554. The van der Waals surface area contributed by atoms with E-state index in [9.17, 15) is 4.79 Å². The number of hydrogen-bond acceptors (Lipinski definition) is 5. The van der Waals surface area contributed by atoms with Crippen LogP contribution < -0.4 is 5.73 Å². The smallest absolute Gasteiger partial charge is 0.273 e. The monoisotopic (exact) mass is 337 g/mol. The maximum atomic E-state index is 12.8. The van der Waals surface area contributed by atoms with E-state index in [-0.39, 0.29) is 17.4 Å². The summed E-state index contributed by atoms with van der Waals surface area (Å²) in [4.78, 5) is 19.1. The van der Waals surface area contributed by atoms with E-state index in [1.165, 1.54) is 43.4 Å². The second-order valence-corrected chi connectivity index (χ2v) is 7.68. The van der Waals surface area contributed by atoms with Gasteiger partial charge in [0, 0.05) is 37.0 Å². The number of amides is 1. The van der Waals surface area contributed by atoms with E-state index >= 15 is 0 Å². The Morgan fingerprint density at radius 2 is 2.22 bits per heavy atom. The number of ether oxygens (including phenoxy) is 1. The summed E-state index contributed by atoms with van der Waals surface area (Å²) in [6, 6.07) is 0.273. The summed E-state index contributed by atoms with van der Waals surface area (Å²) in [5.41, 5.74) is 6.30. The number of carbonyl (C=O) groups excluding carboxylic acids is 1. The lowest BCUT2D eigenvalue weighted by Crippen LogP contribution is -2.65. The molecule has 1 aromatic heterocycles. The molecule has 0 bridgehead atoms. The fourth-order valence-electron chi connectivity index (χ4n) is 4.40. The molecule has 2 aliphatic rings. The first-order valence-corrected chi connectivity index (χ1v) is 9.53. The third-order valence-electron chi connectivity index (χ3n) is 5.63. The molecule has 2 N–H and O–H groups in total. The van der Waals surface area contributed by atoms with Crippen molar-refractivity contribution < 1.29 is 9.53 Å². The van der Waals surface area contributed by atoms with E-state index in [1.807, 2.05) is 17.3 Å². The van der Waals surface area contributed by atoms with Crippen molar-refractivity contribution in [1.29, 1.82) is 0 Å². The number of carbonyl (C=O) groups is 1. The van der Waals surface area contributed by atoms with Crippen molar-refractivity contribution in [2.45, 2.75) is 64.1 Å². The van der Waals surface area contributed by atoms with Gasteiger partial charge in [-0.2, -0.15) is 0 Å². The number of thiazole rings is 1. The average Bonchev–Trinajstić information content (AvgIpc) is 3.07. The predicted molar refractivity (Wildman–Crippen MR) is 91.4 cm³/mol. The third kappa shape index (κ3) is 2.92. The molecule has 128 valence electrons. The molecule has 0 aliphatic heterocycles. The number of nitrogens with two attached hydrogens (primary N) is 1. The minimum absolute atomic E-state index is 0.0193. The van der Waals surface area contributed by atoms with Crippen LogP contribution in [0.15, 0.2) is 5.38 Å². The molecule has 1 aromatic rings. The molecule has 1 amide bonds. The van der Waals surface area contributed by atoms with Crippen molar-refractivity contribution >= 4 is 17.2 Å². The van der Waals surface area contributed by atoms with E-state index < -0.39 is 0 Å². The number of nitrogens with zero attached hydrogens (tertiary/aromatic N) is 2. The van der Waals surface area contributed by atoms with Crippen LogP contribution in [0.1, 0.15) is 60.9 Å². The second kappa shape index (κ2) is 6.87. The zero-order valence-corrected chi connectivity index (χ0v) is 14.9. The Kier molecular flexibility index (Phi) is 5.04. The SMILES string of the molecule is CCO[C@@H]1C[C@H](N(C)C(=O)c2csc(CN)n2)C12CCCCC2. The van der Waals surface area contributed by atoms with Crippen molar-refractivity contribution in [3.05, 3.63) is 16.1 Å². The van der Waals surface area contributed by atoms with Gasteiger partial charge in [0.2, 0.25) is 0 Å². The number of aromatic nitrogens is 1. The van der Waals surface area contributed by atoms with E-state index in [2.05, 4.69) is 11.9 Å². The highest BCUT2D eigenvalue weighted by atomic mass is 32.1. The summed E-state index contributed by atoms with van der Waals surface area (Å²) in [5, 5.41) is 2.64. The van der Waals surface area contributed by atoms with Crippen LogP contribution in [0.5, 0.6) is 0 Å². The first kappa shape index (κ1) is 16.9. The van der Waals surface area contributed by atoms with Crippen molar-refractivity contribution in [2.75, 3.05) is 13.7 Å². The minimum atomic E-state index is 0.0193. The van der Waals surface area contributed by atoms with Crippen LogP contribution >= 0.6 is 11.3 Å². The summed E-state index contributed by atoms with van der Waals surface area (Å²) in [5.74, 6) is 0.0193. The van der Waals surface area contributed by atoms with Gasteiger partial charge in [-0.05, 0) is 26.2 Å². The van der Waals surface area contributed by atoms with Crippen molar-refractivity contribution in [3.8, 4) is 0 Å². The summed E-state index contributed by atoms with van der Waals surface area (Å²) < 4.78 is 5.99. The molecule has 0 unspecified atom stereocenters. The number of hydrogen-bond donors (Lipinski definition) is 1. The molecule has 1 spiro atoms. The summed E-state index contributed by atoms with van der Waals surface area (Å²) in [6.45, 7) is 3.20. The standard InChI is InChI=1S/C17H27N3O2S/c1-3-22-14-9-13(17(14)7-5-4-6-8-17)20(2)16(21)12-11-23-15(10-18)19-12/h11,13-14H,3-10,18H2,1-2H3/t13-,14+/m0/s1. The Balaban J connectivity index is 1.75. The van der Waals surface area contributed by atoms with Gasteiger partial charge in [-0.1, -0.05) is 19.3 Å². The Morgan fingerprint density at radius 1 is 1.48 bits per heavy atom. The summed E-state index contributed by atoms with van der Waals surface area (Å²) in [6.07, 6.45) is 7.39. The fraction of sp³-hybridized carbons (Fsp3) is 0.765. The van der Waals surface area contributed by atoms with Gasteiger partial charge < -0.3 is 15.4 Å². The highest BCUT2D eigenvalue weighted by molar-refractivity contribution is 7.09. The summed E-state index contributed by atoms with van der Waals surface area (Å²) >= 11 is 1.46. The van der Waals surface area contributed by atoms with Crippen LogP contribution in [0.4, 0.5) is 0 Å². The van der Waals surface area contributed by atoms with Gasteiger partial charge in [0.25, 0.3) is 5.91 Å². The number of rotatable bonds is 5. The van der Waals surface area contributed by atoms with Gasteiger partial charge in [0.1, 0.15) is 10.7 Å². The van der Waals surface area contributed by atoms with E-state index in [0.29, 0.717) is 18.3 Å². The van der Waals surface area contributed by atoms with Gasteiger partial charge in [0.15, 0.2) is 0 Å². The first-order chi connectivity index (χ1) is 11.1. The molecule has 2 saturated carbocycles. The minimum Gasteiger partial charge on any atom is -0.378 e. The van der Waals surface area contributed by atoms with Crippen LogP contribution in [-0.2, 0) is 11.3 Å². The van der Waals surface area contributed by atoms with Gasteiger partial charge in [-0.25, -0.2) is 4.98 Å². The molecule has 2 fully saturated rings. The lowest BCUT2D eigenvalue weighted by atomic mass is 9.54. The lowest BCUT2D eigenvalue weighted by Gasteiger charge is -2.60. The van der Waals surface area contributed by atoms with E-state index in [1.54, 1.807) is 0 Å². The molecule has 6 heteroatoms. The zero-order valence-electron chi connectivity index (χ0n) is 14.1. The quantitative estimate of drug-likeness (QED) is 0.897. The van der Waals surface area contributed by atoms with Crippen LogP contribution in [0.2, 0.25) is 0 Å². The maximum absolute atomic E-state index is 12.8. The molecule has 23 heavy (non-hydrogen) atoms. The highest BCUT2D eigenvalue weighted by Gasteiger charge is 2.57. The van der Waals surface area contributed by atoms with Gasteiger partial charge in [-0.15, -0.1) is 11.3 Å². The molecular weight excluding hydrogens is 310 g/mol. The van der Waals surface area contributed by atoms with Gasteiger partial charge in [-0.3, -0.25) is 4.79 Å². The van der Waals surface area contributed by atoms with Crippen LogP contribution in [0, 0.1) is 5.41 Å². The van der Waals surface area contributed by atoms with Crippen LogP contribution in [0.3, 0.4) is 0 Å². The molecule has 0 radical (unpaired) electrons. The predicted octanol–water partition coefficient (Wildman–Crippen LogP) is 2.80. The molecule has 2 atom stereocenters. The maximum Gasteiger partial charge on any atom is 0.273 e. The Morgan fingerprint density at radius 3 is 2.83 bits per heavy atom. The molecule has 1 heterocycles. The van der Waals surface area contributed by atoms with Crippen molar-refractivity contribution in [1.82, 2.24) is 9.88 Å². The van der Waals surface area contributed by atoms with Crippen molar-refractivity contribution in [2.24, 2.45) is 11.1 Å². The Hall–Kier alpha value is -0.980. The zero-order chi connectivity index (χ0) is 16.4. The van der Waals surface area contributed by atoms with Crippen molar-refractivity contribution in [3.63, 3.8) is 0 Å². The highest BCUT2D eigenvalue weighted by Crippen LogP contribution is 2.55. The normalized spacial score (nSPS) is 26.0. The molecule has 5 nitrogen and oxygen atoms in total. The largest absolute Gasteiger partial charge is 0.378 e. The molecule has 0 saturated heterocycles. The lowest BCUT2D eigenvalue weighted by molar-refractivity contribution is -0.170. The second-order valence-electron chi connectivity index (χ2n) is 6.74. The average molecular weight is 337 g/mol. The van der Waals surface area contributed by atoms with Crippen LogP contribution in [0.25, 0.3) is 0 Å². The third-order valence-corrected chi connectivity index (χ3v) is 6.50. The molecule has 2 aliphatic carbocycles. The van der Waals surface area contributed by atoms with Crippen LogP contribution in [-0.4, -0.2) is 41.6 Å². The molecule has 0 aromatic carbocycles. The van der Waals surface area contributed by atoms with Gasteiger partial charge >= 0.3 is 0 Å². The first-order valence-electron chi connectivity index (χ1n) is 8.65. The molecule has 3 rings (SSSR count). The Labute approximate surface area is 142 Å². The topological polar surface area (TPSA) is 68.5 Å². The molecular formula is C17H27N3O2S. The van der Waals surface area contributed by atoms with E-state index in [0.717, 1.165) is 18.0 Å².